The molecule has 0 aliphatic rings. The monoisotopic (exact) mass is 290 g/mol. The Morgan fingerprint density at radius 2 is 2.11 bits per heavy atom. The molecule has 1 amide bonds. The molecule has 1 aromatic rings. The summed E-state index contributed by atoms with van der Waals surface area (Å²) in [5.74, 6) is -0.807. The number of carbonyl (C=O) groups is 1. The molecular formula is C12H13F3N2OS. The second kappa shape index (κ2) is 6.01. The zero-order valence-corrected chi connectivity index (χ0v) is 10.9. The van der Waals surface area contributed by atoms with Crippen LogP contribution < -0.4 is 11.1 Å². The van der Waals surface area contributed by atoms with Crippen LogP contribution in [0.3, 0.4) is 0 Å². The van der Waals surface area contributed by atoms with Crippen molar-refractivity contribution in [3.05, 3.63) is 35.4 Å². The van der Waals surface area contributed by atoms with E-state index < -0.39 is 17.6 Å². The van der Waals surface area contributed by atoms with Crippen LogP contribution in [0.25, 0.3) is 0 Å². The molecule has 1 rings (SSSR count). The zero-order chi connectivity index (χ0) is 14.6. The largest absolute Gasteiger partial charge is 0.416 e. The van der Waals surface area contributed by atoms with Crippen LogP contribution in [0.1, 0.15) is 22.8 Å². The maximum atomic E-state index is 12.5. The summed E-state index contributed by atoms with van der Waals surface area (Å²) in [6, 6.07) is 4.22. The van der Waals surface area contributed by atoms with Crippen LogP contribution in [0.2, 0.25) is 0 Å². The smallest absolute Gasteiger partial charge is 0.393 e. The van der Waals surface area contributed by atoms with Crippen LogP contribution in [0, 0.1) is 5.92 Å². The molecule has 0 spiro atoms. The quantitative estimate of drug-likeness (QED) is 0.837. The first-order chi connectivity index (χ1) is 8.71. The van der Waals surface area contributed by atoms with Crippen LogP contribution >= 0.6 is 12.2 Å². The number of carbonyl (C=O) groups excluding carboxylic acids is 1. The normalized spacial score (nSPS) is 12.8. The Labute approximate surface area is 114 Å². The lowest BCUT2D eigenvalue weighted by Gasteiger charge is -2.12. The fraction of sp³-hybridized carbons (Fsp3) is 0.333. The van der Waals surface area contributed by atoms with Crippen molar-refractivity contribution in [3.8, 4) is 0 Å². The molecule has 0 aliphatic heterocycles. The van der Waals surface area contributed by atoms with E-state index >= 15 is 0 Å². The molecule has 19 heavy (non-hydrogen) atoms. The molecule has 1 unspecified atom stereocenters. The van der Waals surface area contributed by atoms with Gasteiger partial charge in [-0.05, 0) is 18.2 Å². The third-order valence-corrected chi connectivity index (χ3v) is 2.91. The summed E-state index contributed by atoms with van der Waals surface area (Å²) in [6.45, 7) is 1.90. The minimum absolute atomic E-state index is 0.0510. The van der Waals surface area contributed by atoms with E-state index in [-0.39, 0.29) is 23.0 Å². The SMILES string of the molecule is CC(CNC(=O)c1cccc(C(F)(F)F)c1)C(N)=S. The molecule has 0 bridgehead atoms. The lowest BCUT2D eigenvalue weighted by Crippen LogP contribution is -2.33. The summed E-state index contributed by atoms with van der Waals surface area (Å²) < 4.78 is 37.5. The van der Waals surface area contributed by atoms with Gasteiger partial charge < -0.3 is 11.1 Å². The Bertz CT molecular complexity index is 488. The summed E-state index contributed by atoms with van der Waals surface area (Å²) in [5, 5.41) is 2.48. The van der Waals surface area contributed by atoms with Gasteiger partial charge >= 0.3 is 6.18 Å². The molecular weight excluding hydrogens is 277 g/mol. The number of thiocarbonyl (C=S) groups is 1. The van der Waals surface area contributed by atoms with Gasteiger partial charge in [0.15, 0.2) is 0 Å². The van der Waals surface area contributed by atoms with Crippen molar-refractivity contribution in [1.82, 2.24) is 5.32 Å². The van der Waals surface area contributed by atoms with Gasteiger partial charge in [-0.2, -0.15) is 13.2 Å². The van der Waals surface area contributed by atoms with Gasteiger partial charge in [-0.1, -0.05) is 25.2 Å². The number of nitrogens with one attached hydrogen (secondary N) is 1. The van der Waals surface area contributed by atoms with Crippen molar-refractivity contribution in [2.24, 2.45) is 11.7 Å². The molecule has 0 fully saturated rings. The lowest BCUT2D eigenvalue weighted by atomic mass is 10.1. The van der Waals surface area contributed by atoms with E-state index in [1.807, 2.05) is 0 Å². The van der Waals surface area contributed by atoms with Gasteiger partial charge in [0, 0.05) is 18.0 Å². The van der Waals surface area contributed by atoms with E-state index in [9.17, 15) is 18.0 Å². The minimum Gasteiger partial charge on any atom is -0.393 e. The molecule has 0 saturated heterocycles. The summed E-state index contributed by atoms with van der Waals surface area (Å²) in [5.41, 5.74) is 4.46. The van der Waals surface area contributed by atoms with Gasteiger partial charge in [-0.25, -0.2) is 0 Å². The van der Waals surface area contributed by atoms with E-state index in [1.54, 1.807) is 6.92 Å². The van der Waals surface area contributed by atoms with Crippen molar-refractivity contribution >= 4 is 23.1 Å². The molecule has 0 radical (unpaired) electrons. The average Bonchev–Trinajstić information content (AvgIpc) is 2.34. The molecule has 3 N–H and O–H groups in total. The molecule has 0 aliphatic carbocycles. The van der Waals surface area contributed by atoms with Gasteiger partial charge in [-0.3, -0.25) is 4.79 Å². The molecule has 3 nitrogen and oxygen atoms in total. The second-order valence-electron chi connectivity index (χ2n) is 4.09. The lowest BCUT2D eigenvalue weighted by molar-refractivity contribution is -0.137. The van der Waals surface area contributed by atoms with Crippen molar-refractivity contribution in [3.63, 3.8) is 0 Å². The van der Waals surface area contributed by atoms with Crippen molar-refractivity contribution in [1.29, 1.82) is 0 Å². The van der Waals surface area contributed by atoms with Crippen LogP contribution in [0.4, 0.5) is 13.2 Å². The molecule has 0 aromatic heterocycles. The Balaban J connectivity index is 2.75. The van der Waals surface area contributed by atoms with E-state index in [0.29, 0.717) is 0 Å². The topological polar surface area (TPSA) is 55.1 Å². The summed E-state index contributed by atoms with van der Waals surface area (Å²) in [4.78, 5) is 11.9. The van der Waals surface area contributed by atoms with E-state index in [0.717, 1.165) is 12.1 Å². The van der Waals surface area contributed by atoms with Gasteiger partial charge in [0.25, 0.3) is 5.91 Å². The Morgan fingerprint density at radius 3 is 2.63 bits per heavy atom. The number of benzene rings is 1. The number of nitrogens with two attached hydrogens (primary N) is 1. The molecule has 1 atom stereocenters. The highest BCUT2D eigenvalue weighted by Gasteiger charge is 2.30. The second-order valence-corrected chi connectivity index (χ2v) is 4.56. The Kier molecular flexibility index (Phi) is 4.88. The fourth-order valence-electron chi connectivity index (χ4n) is 1.29. The highest BCUT2D eigenvalue weighted by Crippen LogP contribution is 2.29. The Morgan fingerprint density at radius 1 is 1.47 bits per heavy atom. The predicted octanol–water partition coefficient (Wildman–Crippen LogP) is 2.36. The Hall–Kier alpha value is -1.63. The summed E-state index contributed by atoms with van der Waals surface area (Å²) in [7, 11) is 0. The maximum absolute atomic E-state index is 12.5. The van der Waals surface area contributed by atoms with E-state index in [1.165, 1.54) is 12.1 Å². The maximum Gasteiger partial charge on any atom is 0.416 e. The number of hydrogen-bond acceptors (Lipinski definition) is 2. The van der Waals surface area contributed by atoms with Crippen molar-refractivity contribution in [2.45, 2.75) is 13.1 Å². The fourth-order valence-corrected chi connectivity index (χ4v) is 1.37. The number of halogens is 3. The zero-order valence-electron chi connectivity index (χ0n) is 10.1. The van der Waals surface area contributed by atoms with E-state index in [4.69, 9.17) is 18.0 Å². The van der Waals surface area contributed by atoms with E-state index in [2.05, 4.69) is 5.32 Å². The third-order valence-electron chi connectivity index (χ3n) is 2.51. The first kappa shape index (κ1) is 15.4. The average molecular weight is 290 g/mol. The molecule has 0 heterocycles. The number of alkyl halides is 3. The molecule has 104 valence electrons. The molecule has 0 saturated carbocycles. The third kappa shape index (κ3) is 4.51. The van der Waals surface area contributed by atoms with Crippen LogP contribution in [0.5, 0.6) is 0 Å². The molecule has 1 aromatic carbocycles. The first-order valence-corrected chi connectivity index (χ1v) is 5.87. The van der Waals surface area contributed by atoms with Gasteiger partial charge in [0.05, 0.1) is 10.6 Å². The van der Waals surface area contributed by atoms with Crippen LogP contribution in [0.15, 0.2) is 24.3 Å². The van der Waals surface area contributed by atoms with Gasteiger partial charge in [0.1, 0.15) is 0 Å². The van der Waals surface area contributed by atoms with Crippen LogP contribution in [-0.4, -0.2) is 17.4 Å². The summed E-state index contributed by atoms with van der Waals surface area (Å²) in [6.07, 6.45) is -4.47. The minimum atomic E-state index is -4.47. The number of rotatable bonds is 4. The summed E-state index contributed by atoms with van der Waals surface area (Å²) >= 11 is 4.73. The standard InChI is InChI=1S/C12H13F3N2OS/c1-7(10(16)19)6-17-11(18)8-3-2-4-9(5-8)12(13,14)15/h2-5,7H,6H2,1H3,(H2,16,19)(H,17,18). The van der Waals surface area contributed by atoms with Gasteiger partial charge in [0.2, 0.25) is 0 Å². The van der Waals surface area contributed by atoms with Gasteiger partial charge in [-0.15, -0.1) is 0 Å². The predicted molar refractivity (Wildman–Crippen MR) is 69.7 cm³/mol. The van der Waals surface area contributed by atoms with Crippen molar-refractivity contribution < 1.29 is 18.0 Å². The van der Waals surface area contributed by atoms with Crippen LogP contribution in [-0.2, 0) is 6.18 Å². The molecule has 7 heteroatoms. The highest BCUT2D eigenvalue weighted by atomic mass is 32.1. The highest BCUT2D eigenvalue weighted by molar-refractivity contribution is 7.80. The number of hydrogen-bond donors (Lipinski definition) is 2. The van der Waals surface area contributed by atoms with Crippen molar-refractivity contribution in [2.75, 3.05) is 6.54 Å². The number of amides is 1. The first-order valence-electron chi connectivity index (χ1n) is 5.46.